The fourth-order valence-corrected chi connectivity index (χ4v) is 2.46. The summed E-state index contributed by atoms with van der Waals surface area (Å²) in [4.78, 5) is 0. The molecule has 0 nitrogen and oxygen atoms in total. The summed E-state index contributed by atoms with van der Waals surface area (Å²) in [5.41, 5.74) is 2.33. The van der Waals surface area contributed by atoms with Crippen molar-refractivity contribution in [3.05, 3.63) is 68.6 Å². The van der Waals surface area contributed by atoms with Crippen molar-refractivity contribution in [1.29, 1.82) is 0 Å². The Morgan fingerprint density at radius 1 is 0.765 bits per heavy atom. The molecule has 0 heterocycles. The van der Waals surface area contributed by atoms with E-state index in [4.69, 9.17) is 0 Å². The first-order valence-electron chi connectivity index (χ1n) is 5.04. The lowest BCUT2D eigenvalue weighted by atomic mass is 10.1. The third-order valence-corrected chi connectivity index (χ3v) is 4.03. The smallest absolute Gasteiger partial charge is 0.0253 e. The third kappa shape index (κ3) is 3.80. The molecule has 0 bridgehead atoms. The zero-order chi connectivity index (χ0) is 12.3. The summed E-state index contributed by atoms with van der Waals surface area (Å²) in [5.74, 6) is 0. The second-order valence-electron chi connectivity index (χ2n) is 3.55. The molecule has 2 aromatic carbocycles. The lowest BCUT2D eigenvalue weighted by molar-refractivity contribution is 1.60. The van der Waals surface area contributed by atoms with E-state index >= 15 is 0 Å². The van der Waals surface area contributed by atoms with E-state index in [1.165, 1.54) is 5.56 Å². The van der Waals surface area contributed by atoms with Crippen molar-refractivity contribution < 1.29 is 0 Å². The van der Waals surface area contributed by atoms with Gasteiger partial charge in [-0.1, -0.05) is 72.1 Å². The minimum Gasteiger partial charge on any atom is -0.0538 e. The Balaban J connectivity index is 2.27. The first kappa shape index (κ1) is 13.1. The van der Waals surface area contributed by atoms with Crippen LogP contribution in [0, 0.1) is 0 Å². The highest BCUT2D eigenvalue weighted by Gasteiger charge is 1.98. The monoisotopic (exact) mass is 414 g/mol. The second kappa shape index (κ2) is 5.98. The van der Waals surface area contributed by atoms with E-state index in [0.29, 0.717) is 0 Å². The minimum absolute atomic E-state index is 1.08. The summed E-state index contributed by atoms with van der Waals surface area (Å²) in [6, 6.07) is 16.4. The molecule has 0 amide bonds. The zero-order valence-corrected chi connectivity index (χ0v) is 13.6. The van der Waals surface area contributed by atoms with Crippen LogP contribution in [0.5, 0.6) is 0 Å². The van der Waals surface area contributed by atoms with Gasteiger partial charge in [0, 0.05) is 13.4 Å². The SMILES string of the molecule is Br/C(=C\c1ccc(Br)cc1)c1ccc(Br)cc1. The average Bonchev–Trinajstić information content (AvgIpc) is 2.33. The molecule has 3 heteroatoms. The average molecular weight is 417 g/mol. The fraction of sp³-hybridized carbons (Fsp3) is 0. The standard InChI is InChI=1S/C14H9Br3/c15-12-5-1-10(2-6-12)9-14(17)11-3-7-13(16)8-4-11/h1-9H/b14-9-. The van der Waals surface area contributed by atoms with Crippen LogP contribution in [0.2, 0.25) is 0 Å². The van der Waals surface area contributed by atoms with Crippen molar-refractivity contribution in [1.82, 2.24) is 0 Å². The van der Waals surface area contributed by atoms with Crippen molar-refractivity contribution in [3.8, 4) is 0 Å². The number of hydrogen-bond donors (Lipinski definition) is 0. The molecule has 0 spiro atoms. The van der Waals surface area contributed by atoms with Crippen LogP contribution >= 0.6 is 47.8 Å². The Bertz CT molecular complexity index is 524. The normalized spacial score (nSPS) is 11.6. The van der Waals surface area contributed by atoms with E-state index < -0.39 is 0 Å². The van der Waals surface area contributed by atoms with Gasteiger partial charge < -0.3 is 0 Å². The molecule has 0 saturated carbocycles. The summed E-state index contributed by atoms with van der Waals surface area (Å²) >= 11 is 10.5. The van der Waals surface area contributed by atoms with E-state index in [2.05, 4.69) is 78.1 Å². The quantitative estimate of drug-likeness (QED) is 0.518. The van der Waals surface area contributed by atoms with E-state index in [1.54, 1.807) is 0 Å². The van der Waals surface area contributed by atoms with Crippen molar-refractivity contribution in [2.45, 2.75) is 0 Å². The molecule has 86 valence electrons. The Kier molecular flexibility index (Phi) is 4.60. The third-order valence-electron chi connectivity index (χ3n) is 2.28. The Hall–Kier alpha value is -0.380. The molecule has 0 N–H and O–H groups in total. The van der Waals surface area contributed by atoms with Crippen LogP contribution in [-0.2, 0) is 0 Å². The largest absolute Gasteiger partial charge is 0.0538 e. The molecule has 2 rings (SSSR count). The van der Waals surface area contributed by atoms with Crippen molar-refractivity contribution >= 4 is 58.3 Å². The zero-order valence-electron chi connectivity index (χ0n) is 8.83. The van der Waals surface area contributed by atoms with Gasteiger partial charge in [-0.05, 0) is 41.5 Å². The van der Waals surface area contributed by atoms with Crippen LogP contribution in [0.4, 0.5) is 0 Å². The van der Waals surface area contributed by atoms with E-state index in [9.17, 15) is 0 Å². The number of rotatable bonds is 2. The van der Waals surface area contributed by atoms with Crippen LogP contribution in [0.25, 0.3) is 10.6 Å². The first-order valence-corrected chi connectivity index (χ1v) is 7.42. The highest BCUT2D eigenvalue weighted by atomic mass is 79.9. The number of halogens is 3. The van der Waals surface area contributed by atoms with Gasteiger partial charge >= 0.3 is 0 Å². The topological polar surface area (TPSA) is 0 Å². The Morgan fingerprint density at radius 3 is 1.76 bits per heavy atom. The maximum absolute atomic E-state index is 3.60. The van der Waals surface area contributed by atoms with Gasteiger partial charge in [-0.15, -0.1) is 0 Å². The summed E-state index contributed by atoms with van der Waals surface area (Å²) in [6.45, 7) is 0. The summed E-state index contributed by atoms with van der Waals surface area (Å²) in [5, 5.41) is 0. The van der Waals surface area contributed by atoms with Gasteiger partial charge in [0.2, 0.25) is 0 Å². The molecule has 0 unspecified atom stereocenters. The van der Waals surface area contributed by atoms with Gasteiger partial charge in [0.1, 0.15) is 0 Å². The van der Waals surface area contributed by atoms with Crippen molar-refractivity contribution in [2.75, 3.05) is 0 Å². The molecule has 0 atom stereocenters. The van der Waals surface area contributed by atoms with Crippen LogP contribution in [0.15, 0.2) is 57.5 Å². The summed E-state index contributed by atoms with van der Waals surface area (Å²) in [7, 11) is 0. The highest BCUT2D eigenvalue weighted by molar-refractivity contribution is 9.15. The molecule has 17 heavy (non-hydrogen) atoms. The van der Waals surface area contributed by atoms with Gasteiger partial charge in [0.15, 0.2) is 0 Å². The van der Waals surface area contributed by atoms with E-state index in [1.807, 2.05) is 24.3 Å². The van der Waals surface area contributed by atoms with E-state index in [0.717, 1.165) is 19.0 Å². The van der Waals surface area contributed by atoms with Crippen molar-refractivity contribution in [2.24, 2.45) is 0 Å². The first-order chi connectivity index (χ1) is 8.15. The Morgan fingerprint density at radius 2 is 1.24 bits per heavy atom. The van der Waals surface area contributed by atoms with Crippen LogP contribution in [-0.4, -0.2) is 0 Å². The fourth-order valence-electron chi connectivity index (χ4n) is 1.40. The van der Waals surface area contributed by atoms with Crippen LogP contribution in [0.1, 0.15) is 11.1 Å². The molecule has 0 aromatic heterocycles. The highest BCUT2D eigenvalue weighted by Crippen LogP contribution is 2.26. The van der Waals surface area contributed by atoms with Crippen LogP contribution in [0.3, 0.4) is 0 Å². The van der Waals surface area contributed by atoms with Gasteiger partial charge in [0.05, 0.1) is 0 Å². The minimum atomic E-state index is 1.08. The molecule has 0 saturated heterocycles. The predicted molar refractivity (Wildman–Crippen MR) is 85.1 cm³/mol. The molecule has 0 fully saturated rings. The van der Waals surface area contributed by atoms with Crippen LogP contribution < -0.4 is 0 Å². The molecular weight excluding hydrogens is 408 g/mol. The lowest BCUT2D eigenvalue weighted by Gasteiger charge is -2.01. The predicted octanol–water partition coefficient (Wildman–Crippen LogP) is 6.10. The maximum atomic E-state index is 3.60. The Labute approximate surface area is 126 Å². The van der Waals surface area contributed by atoms with Gasteiger partial charge in [-0.3, -0.25) is 0 Å². The number of hydrogen-bond acceptors (Lipinski definition) is 0. The molecule has 0 aliphatic heterocycles. The maximum Gasteiger partial charge on any atom is 0.0253 e. The number of benzene rings is 2. The summed E-state index contributed by atoms with van der Waals surface area (Å²) < 4.78 is 3.26. The molecule has 0 aliphatic rings. The molecule has 0 aliphatic carbocycles. The molecular formula is C14H9Br3. The van der Waals surface area contributed by atoms with Gasteiger partial charge in [-0.2, -0.15) is 0 Å². The molecule has 0 radical (unpaired) electrons. The van der Waals surface area contributed by atoms with Gasteiger partial charge in [-0.25, -0.2) is 0 Å². The van der Waals surface area contributed by atoms with E-state index in [-0.39, 0.29) is 0 Å². The molecule has 2 aromatic rings. The summed E-state index contributed by atoms with van der Waals surface area (Å²) in [6.07, 6.45) is 2.11. The van der Waals surface area contributed by atoms with Gasteiger partial charge in [0.25, 0.3) is 0 Å². The van der Waals surface area contributed by atoms with Crippen molar-refractivity contribution in [3.63, 3.8) is 0 Å². The lowest BCUT2D eigenvalue weighted by Crippen LogP contribution is -1.77. The second-order valence-corrected chi connectivity index (χ2v) is 6.24.